The minimum absolute atomic E-state index is 0.00771. The molecule has 0 saturated carbocycles. The lowest BCUT2D eigenvalue weighted by Crippen LogP contribution is -2.32. The van der Waals surface area contributed by atoms with Crippen LogP contribution in [0.25, 0.3) is 0 Å². The molecule has 0 bridgehead atoms. The second-order valence-electron chi connectivity index (χ2n) is 2.96. The molecular weight excluding hydrogens is 249 g/mol. The van der Waals surface area contributed by atoms with Crippen molar-refractivity contribution in [2.75, 3.05) is 6.54 Å². The molecule has 1 aromatic rings. The summed E-state index contributed by atoms with van der Waals surface area (Å²) in [7, 11) is 0. The van der Waals surface area contributed by atoms with Crippen LogP contribution >= 0.6 is 11.8 Å². The van der Waals surface area contributed by atoms with E-state index in [0.717, 1.165) is 12.1 Å². The van der Waals surface area contributed by atoms with E-state index in [1.165, 1.54) is 0 Å². The van der Waals surface area contributed by atoms with E-state index in [1.807, 2.05) is 0 Å². The van der Waals surface area contributed by atoms with Crippen molar-refractivity contribution in [3.05, 3.63) is 29.8 Å². The molecule has 0 aliphatic rings. The lowest BCUT2D eigenvalue weighted by Gasteiger charge is -2.17. The van der Waals surface area contributed by atoms with E-state index in [0.29, 0.717) is 17.8 Å². The monoisotopic (exact) mass is 257 g/mol. The number of hydrogen-bond donors (Lipinski definition) is 1. The highest BCUT2D eigenvalue weighted by Gasteiger charge is 2.39. The topological polar surface area (TPSA) is 26.0 Å². The second kappa shape index (κ2) is 5.01. The number of thioether (sulfide) groups is 1. The fourth-order valence-corrected chi connectivity index (χ4v) is 1.84. The smallest absolute Gasteiger partial charge is 0.329 e. The molecule has 0 aliphatic carbocycles. The van der Waals surface area contributed by atoms with Crippen LogP contribution in [0, 0.1) is 11.6 Å². The molecule has 0 heterocycles. The first-order valence-corrected chi connectivity index (χ1v) is 5.11. The summed E-state index contributed by atoms with van der Waals surface area (Å²) in [6.07, 6.45) is -4.47. The van der Waals surface area contributed by atoms with Crippen molar-refractivity contribution in [1.29, 1.82) is 0 Å². The van der Waals surface area contributed by atoms with Gasteiger partial charge in [-0.2, -0.15) is 13.2 Å². The Labute approximate surface area is 92.8 Å². The van der Waals surface area contributed by atoms with E-state index in [1.54, 1.807) is 0 Å². The quantitative estimate of drug-likeness (QED) is 0.665. The first-order chi connectivity index (χ1) is 7.34. The first-order valence-electron chi connectivity index (χ1n) is 4.23. The van der Waals surface area contributed by atoms with E-state index >= 15 is 0 Å². The highest BCUT2D eigenvalue weighted by molar-refractivity contribution is 8.00. The number of benzene rings is 1. The molecule has 0 aromatic heterocycles. The van der Waals surface area contributed by atoms with Crippen molar-refractivity contribution in [2.24, 2.45) is 5.73 Å². The summed E-state index contributed by atoms with van der Waals surface area (Å²) >= 11 is 0.362. The zero-order valence-corrected chi connectivity index (χ0v) is 8.71. The number of alkyl halides is 3. The van der Waals surface area contributed by atoms with Gasteiger partial charge in [0.15, 0.2) is 11.6 Å². The van der Waals surface area contributed by atoms with Crippen LogP contribution in [0.15, 0.2) is 23.1 Å². The van der Waals surface area contributed by atoms with Gasteiger partial charge in [-0.05, 0) is 18.2 Å². The molecule has 7 heteroatoms. The molecule has 1 rings (SSSR count). The van der Waals surface area contributed by atoms with Crippen LogP contribution in [-0.2, 0) is 0 Å². The summed E-state index contributed by atoms with van der Waals surface area (Å²) < 4.78 is 62.2. The van der Waals surface area contributed by atoms with Crippen molar-refractivity contribution in [2.45, 2.75) is 16.3 Å². The van der Waals surface area contributed by atoms with Crippen LogP contribution in [0.5, 0.6) is 0 Å². The van der Waals surface area contributed by atoms with Crippen LogP contribution in [0.3, 0.4) is 0 Å². The molecule has 1 atom stereocenters. The fraction of sp³-hybridized carbons (Fsp3) is 0.333. The molecular formula is C9H8F5NS. The van der Waals surface area contributed by atoms with Crippen LogP contribution in [0.1, 0.15) is 0 Å². The molecule has 2 N–H and O–H groups in total. The van der Waals surface area contributed by atoms with Crippen LogP contribution < -0.4 is 5.73 Å². The van der Waals surface area contributed by atoms with Gasteiger partial charge in [0.25, 0.3) is 0 Å². The van der Waals surface area contributed by atoms with E-state index in [-0.39, 0.29) is 4.90 Å². The Morgan fingerprint density at radius 3 is 2.25 bits per heavy atom. The standard InChI is InChI=1S/C9H8F5NS/c10-6-2-1-5(3-7(6)11)16-8(4-15)9(12,13)14/h1-3,8H,4,15H2. The Morgan fingerprint density at radius 2 is 1.81 bits per heavy atom. The molecule has 1 unspecified atom stereocenters. The van der Waals surface area contributed by atoms with E-state index in [9.17, 15) is 22.0 Å². The highest BCUT2D eigenvalue weighted by Crippen LogP contribution is 2.34. The van der Waals surface area contributed by atoms with Crippen molar-refractivity contribution < 1.29 is 22.0 Å². The van der Waals surface area contributed by atoms with Gasteiger partial charge < -0.3 is 5.73 Å². The summed E-state index contributed by atoms with van der Waals surface area (Å²) in [6, 6.07) is 2.58. The SMILES string of the molecule is NCC(Sc1ccc(F)c(F)c1)C(F)(F)F. The van der Waals surface area contributed by atoms with Gasteiger partial charge in [0.1, 0.15) is 5.25 Å². The summed E-state index contributed by atoms with van der Waals surface area (Å²) in [5.41, 5.74) is 4.97. The maximum Gasteiger partial charge on any atom is 0.402 e. The molecule has 1 aromatic carbocycles. The van der Waals surface area contributed by atoms with Gasteiger partial charge in [0.2, 0.25) is 0 Å². The predicted octanol–water partition coefficient (Wildman–Crippen LogP) is 2.95. The first kappa shape index (κ1) is 13.2. The summed E-state index contributed by atoms with van der Waals surface area (Å²) in [5.74, 6) is -2.27. The lowest BCUT2D eigenvalue weighted by atomic mass is 10.3. The summed E-state index contributed by atoms with van der Waals surface area (Å²) in [6.45, 7) is -0.618. The van der Waals surface area contributed by atoms with Crippen molar-refractivity contribution in [3.63, 3.8) is 0 Å². The van der Waals surface area contributed by atoms with E-state index < -0.39 is 29.6 Å². The van der Waals surface area contributed by atoms with E-state index in [4.69, 9.17) is 5.73 Å². The molecule has 0 saturated heterocycles. The maximum absolute atomic E-state index is 12.7. The molecule has 0 radical (unpaired) electrons. The number of hydrogen-bond acceptors (Lipinski definition) is 2. The lowest BCUT2D eigenvalue weighted by molar-refractivity contribution is -0.126. The zero-order valence-electron chi connectivity index (χ0n) is 7.89. The van der Waals surface area contributed by atoms with Crippen molar-refractivity contribution in [1.82, 2.24) is 0 Å². The average molecular weight is 257 g/mol. The van der Waals surface area contributed by atoms with Crippen molar-refractivity contribution in [3.8, 4) is 0 Å². The fourth-order valence-electron chi connectivity index (χ4n) is 0.963. The van der Waals surface area contributed by atoms with Gasteiger partial charge in [-0.15, -0.1) is 11.8 Å². The second-order valence-corrected chi connectivity index (χ2v) is 4.24. The number of halogens is 5. The van der Waals surface area contributed by atoms with Gasteiger partial charge >= 0.3 is 6.18 Å². The Hall–Kier alpha value is -0.820. The van der Waals surface area contributed by atoms with Crippen LogP contribution in [0.2, 0.25) is 0 Å². The Kier molecular flexibility index (Phi) is 4.15. The summed E-state index contributed by atoms with van der Waals surface area (Å²) in [4.78, 5) is -0.00771. The number of nitrogens with two attached hydrogens (primary N) is 1. The third-order valence-corrected chi connectivity index (χ3v) is 3.02. The van der Waals surface area contributed by atoms with Gasteiger partial charge in [-0.1, -0.05) is 0 Å². The van der Waals surface area contributed by atoms with Crippen LogP contribution in [-0.4, -0.2) is 18.0 Å². The average Bonchev–Trinajstić information content (AvgIpc) is 2.18. The van der Waals surface area contributed by atoms with E-state index in [2.05, 4.69) is 0 Å². The number of rotatable bonds is 3. The highest BCUT2D eigenvalue weighted by atomic mass is 32.2. The van der Waals surface area contributed by atoms with Gasteiger partial charge in [-0.25, -0.2) is 8.78 Å². The minimum Gasteiger partial charge on any atom is -0.329 e. The molecule has 0 spiro atoms. The maximum atomic E-state index is 12.7. The Morgan fingerprint density at radius 1 is 1.19 bits per heavy atom. The third kappa shape index (κ3) is 3.34. The molecule has 16 heavy (non-hydrogen) atoms. The normalized spacial score (nSPS) is 13.9. The Bertz CT molecular complexity index is 365. The minimum atomic E-state index is -4.47. The molecule has 0 aliphatic heterocycles. The molecule has 90 valence electrons. The van der Waals surface area contributed by atoms with Crippen LogP contribution in [0.4, 0.5) is 22.0 Å². The largest absolute Gasteiger partial charge is 0.402 e. The molecule has 0 fully saturated rings. The third-order valence-electron chi connectivity index (χ3n) is 1.75. The van der Waals surface area contributed by atoms with Crippen molar-refractivity contribution >= 4 is 11.8 Å². The molecule has 0 amide bonds. The zero-order chi connectivity index (χ0) is 12.3. The molecule has 1 nitrogen and oxygen atoms in total. The Balaban J connectivity index is 2.83. The van der Waals surface area contributed by atoms with Gasteiger partial charge in [-0.3, -0.25) is 0 Å². The predicted molar refractivity (Wildman–Crippen MR) is 51.1 cm³/mol. The van der Waals surface area contributed by atoms with Gasteiger partial charge in [0, 0.05) is 11.4 Å². The summed E-state index contributed by atoms with van der Waals surface area (Å²) in [5, 5.41) is -1.82. The van der Waals surface area contributed by atoms with Gasteiger partial charge in [0.05, 0.1) is 0 Å².